The van der Waals surface area contributed by atoms with E-state index < -0.39 is 5.91 Å². The van der Waals surface area contributed by atoms with Crippen LogP contribution in [0.4, 0.5) is 5.82 Å². The molecule has 1 aliphatic heterocycles. The third-order valence-electron chi connectivity index (χ3n) is 4.18. The molecule has 150 valence electrons. The number of nitrogens with zero attached hydrogens (tertiary/aromatic N) is 2. The van der Waals surface area contributed by atoms with Gasteiger partial charge in [-0.1, -0.05) is 5.16 Å². The Labute approximate surface area is 165 Å². The zero-order valence-electron chi connectivity index (χ0n) is 15.8. The van der Waals surface area contributed by atoms with Crippen LogP contribution in [0.5, 0.6) is 11.5 Å². The van der Waals surface area contributed by atoms with Gasteiger partial charge in [-0.05, 0) is 32.0 Å². The van der Waals surface area contributed by atoms with E-state index in [9.17, 15) is 9.59 Å². The predicted molar refractivity (Wildman–Crippen MR) is 99.4 cm³/mol. The summed E-state index contributed by atoms with van der Waals surface area (Å²) in [6.07, 6.45) is -0.0176. The van der Waals surface area contributed by atoms with Gasteiger partial charge in [-0.2, -0.15) is 0 Å². The van der Waals surface area contributed by atoms with Crippen molar-refractivity contribution in [3.05, 3.63) is 41.5 Å². The third-order valence-corrected chi connectivity index (χ3v) is 4.18. The number of carbonyl (C=O) groups is 2. The fourth-order valence-electron chi connectivity index (χ4n) is 2.75. The van der Waals surface area contributed by atoms with Gasteiger partial charge in [0.2, 0.25) is 24.5 Å². The highest BCUT2D eigenvalue weighted by Gasteiger charge is 2.19. The highest BCUT2D eigenvalue weighted by Crippen LogP contribution is 2.36. The fourth-order valence-corrected chi connectivity index (χ4v) is 2.75. The summed E-state index contributed by atoms with van der Waals surface area (Å²) < 4.78 is 21.2. The first kappa shape index (κ1) is 18.5. The van der Waals surface area contributed by atoms with Crippen molar-refractivity contribution in [1.82, 2.24) is 15.5 Å². The van der Waals surface area contributed by atoms with E-state index in [0.29, 0.717) is 46.0 Å². The summed E-state index contributed by atoms with van der Waals surface area (Å²) in [5.74, 6) is 2.28. The molecular formula is C19H18N4O6. The van der Waals surface area contributed by atoms with Crippen LogP contribution in [0.2, 0.25) is 0 Å². The second-order valence-corrected chi connectivity index (χ2v) is 6.41. The quantitative estimate of drug-likeness (QED) is 0.645. The minimum Gasteiger partial charge on any atom is -0.454 e. The smallest absolute Gasteiger partial charge is 0.245 e. The monoisotopic (exact) mass is 398 g/mol. The number of nitrogens with one attached hydrogen (secondary N) is 2. The maximum absolute atomic E-state index is 12.2. The van der Waals surface area contributed by atoms with Gasteiger partial charge in [0, 0.05) is 11.6 Å². The molecular weight excluding hydrogens is 380 g/mol. The van der Waals surface area contributed by atoms with Crippen LogP contribution in [-0.2, 0) is 16.0 Å². The summed E-state index contributed by atoms with van der Waals surface area (Å²) in [5, 5.41) is 8.72. The lowest BCUT2D eigenvalue weighted by Gasteiger charge is -2.04. The molecule has 3 aromatic rings. The van der Waals surface area contributed by atoms with E-state index in [4.69, 9.17) is 18.4 Å². The average molecular weight is 398 g/mol. The van der Waals surface area contributed by atoms with Gasteiger partial charge in [-0.15, -0.1) is 0 Å². The number of ether oxygens (including phenoxy) is 2. The van der Waals surface area contributed by atoms with E-state index in [1.807, 2.05) is 0 Å². The number of fused-ring (bicyclic) bond motifs is 1. The second kappa shape index (κ2) is 7.66. The van der Waals surface area contributed by atoms with Gasteiger partial charge >= 0.3 is 0 Å². The summed E-state index contributed by atoms with van der Waals surface area (Å²) in [5.41, 5.74) is 1.20. The van der Waals surface area contributed by atoms with Crippen molar-refractivity contribution in [3.63, 3.8) is 0 Å². The molecule has 2 N–H and O–H groups in total. The molecule has 0 unspecified atom stereocenters. The Bertz CT molecular complexity index is 1070. The zero-order valence-corrected chi connectivity index (χ0v) is 15.8. The Morgan fingerprint density at radius 3 is 2.72 bits per heavy atom. The van der Waals surface area contributed by atoms with Crippen LogP contribution in [0.1, 0.15) is 17.2 Å². The molecule has 0 bridgehead atoms. The third kappa shape index (κ3) is 4.21. The topological polar surface area (TPSA) is 129 Å². The Balaban J connectivity index is 1.34. The van der Waals surface area contributed by atoms with Crippen molar-refractivity contribution >= 4 is 17.6 Å². The molecule has 0 saturated carbocycles. The molecule has 0 spiro atoms. The molecule has 1 aliphatic rings. The normalized spacial score (nSPS) is 12.1. The van der Waals surface area contributed by atoms with Crippen molar-refractivity contribution in [2.45, 2.75) is 20.3 Å². The molecule has 4 rings (SSSR count). The van der Waals surface area contributed by atoms with Crippen molar-refractivity contribution in [2.24, 2.45) is 0 Å². The highest BCUT2D eigenvalue weighted by molar-refractivity contribution is 5.94. The van der Waals surface area contributed by atoms with Gasteiger partial charge in [0.25, 0.3) is 0 Å². The average Bonchev–Trinajstić information content (AvgIpc) is 3.40. The largest absolute Gasteiger partial charge is 0.454 e. The molecule has 10 nitrogen and oxygen atoms in total. The number of aryl methyl sites for hydroxylation is 2. The van der Waals surface area contributed by atoms with Crippen LogP contribution >= 0.6 is 0 Å². The summed E-state index contributed by atoms with van der Waals surface area (Å²) >= 11 is 0. The highest BCUT2D eigenvalue weighted by atomic mass is 16.7. The van der Waals surface area contributed by atoms with E-state index in [1.54, 1.807) is 38.1 Å². The lowest BCUT2D eigenvalue weighted by atomic mass is 10.2. The lowest BCUT2D eigenvalue weighted by molar-refractivity contribution is -0.123. The number of rotatable bonds is 6. The molecule has 0 fully saturated rings. The molecule has 1 aromatic carbocycles. The Morgan fingerprint density at radius 2 is 1.93 bits per heavy atom. The number of hydrogen-bond donors (Lipinski definition) is 2. The number of benzene rings is 1. The van der Waals surface area contributed by atoms with Crippen LogP contribution in [0, 0.1) is 13.8 Å². The van der Waals surface area contributed by atoms with Crippen LogP contribution in [0.3, 0.4) is 0 Å². The van der Waals surface area contributed by atoms with E-state index in [0.717, 1.165) is 0 Å². The van der Waals surface area contributed by atoms with E-state index in [2.05, 4.69) is 20.8 Å². The summed E-state index contributed by atoms with van der Waals surface area (Å²) in [7, 11) is 0. The Kier molecular flexibility index (Phi) is 4.90. The molecule has 29 heavy (non-hydrogen) atoms. The molecule has 3 heterocycles. The van der Waals surface area contributed by atoms with Gasteiger partial charge in [0.1, 0.15) is 11.5 Å². The number of hydrogen-bond acceptors (Lipinski definition) is 8. The number of amides is 2. The zero-order chi connectivity index (χ0) is 20.4. The molecule has 0 aliphatic carbocycles. The van der Waals surface area contributed by atoms with E-state index >= 15 is 0 Å². The first-order valence-corrected chi connectivity index (χ1v) is 8.84. The van der Waals surface area contributed by atoms with E-state index in [-0.39, 0.29) is 25.7 Å². The van der Waals surface area contributed by atoms with Crippen molar-refractivity contribution in [1.29, 1.82) is 0 Å². The van der Waals surface area contributed by atoms with Crippen molar-refractivity contribution in [2.75, 3.05) is 18.7 Å². The number of carbonyl (C=O) groups excluding carboxylic acids is 2. The maximum Gasteiger partial charge on any atom is 0.245 e. The molecule has 0 saturated heterocycles. The van der Waals surface area contributed by atoms with Gasteiger partial charge < -0.3 is 29.0 Å². The minimum absolute atomic E-state index is 0.0176. The molecule has 2 aromatic heterocycles. The summed E-state index contributed by atoms with van der Waals surface area (Å²) in [6, 6.07) is 6.93. The number of aromatic nitrogens is 2. The first-order valence-electron chi connectivity index (χ1n) is 8.84. The summed E-state index contributed by atoms with van der Waals surface area (Å²) in [4.78, 5) is 28.4. The maximum atomic E-state index is 12.2. The molecule has 10 heteroatoms. The van der Waals surface area contributed by atoms with Crippen LogP contribution < -0.4 is 20.1 Å². The Hall–Kier alpha value is -3.82. The van der Waals surface area contributed by atoms with Crippen molar-refractivity contribution in [3.8, 4) is 23.0 Å². The lowest BCUT2D eigenvalue weighted by Crippen LogP contribution is -2.34. The van der Waals surface area contributed by atoms with Crippen LogP contribution in [0.15, 0.2) is 33.2 Å². The molecule has 2 amide bonds. The van der Waals surface area contributed by atoms with Gasteiger partial charge in [-0.3, -0.25) is 9.59 Å². The predicted octanol–water partition coefficient (Wildman–Crippen LogP) is 1.97. The Morgan fingerprint density at radius 1 is 1.10 bits per heavy atom. The van der Waals surface area contributed by atoms with Crippen LogP contribution in [-0.4, -0.2) is 35.3 Å². The molecule has 0 atom stereocenters. The van der Waals surface area contributed by atoms with Crippen LogP contribution in [0.25, 0.3) is 11.5 Å². The first-order chi connectivity index (χ1) is 14.0. The second-order valence-electron chi connectivity index (χ2n) is 6.41. The van der Waals surface area contributed by atoms with Gasteiger partial charge in [0.05, 0.1) is 18.7 Å². The molecule has 0 radical (unpaired) electrons. The van der Waals surface area contributed by atoms with Crippen molar-refractivity contribution < 1.29 is 28.0 Å². The minimum atomic E-state index is -0.412. The van der Waals surface area contributed by atoms with Gasteiger partial charge in [-0.25, -0.2) is 4.98 Å². The number of anilines is 1. The summed E-state index contributed by atoms with van der Waals surface area (Å²) in [6.45, 7) is 3.42. The standard InChI is InChI=1S/C19H18N4O6/c1-10-5-16(23-29-10)22-18(25)8-20-17(24)7-13-11(2)28-19(21-13)12-3-4-14-15(6-12)27-9-26-14/h3-6H,7-9H2,1-2H3,(H,20,24)(H,22,23,25). The fraction of sp³-hybridized carbons (Fsp3) is 0.263. The van der Waals surface area contributed by atoms with Gasteiger partial charge in [0.15, 0.2) is 17.3 Å². The number of oxazole rings is 1. The van der Waals surface area contributed by atoms with E-state index in [1.165, 1.54) is 0 Å². The SMILES string of the molecule is Cc1cc(NC(=O)CNC(=O)Cc2nc(-c3ccc4c(c3)OCO4)oc2C)no1.